The van der Waals surface area contributed by atoms with Gasteiger partial charge in [0.15, 0.2) is 0 Å². The summed E-state index contributed by atoms with van der Waals surface area (Å²) >= 11 is 3.87. The van der Waals surface area contributed by atoms with Crippen LogP contribution in [0.25, 0.3) is 0 Å². The molecule has 0 aromatic carbocycles. The van der Waals surface area contributed by atoms with E-state index in [1.165, 1.54) is 0 Å². The predicted molar refractivity (Wildman–Crippen MR) is 59.6 cm³/mol. The van der Waals surface area contributed by atoms with E-state index in [-0.39, 0.29) is 0 Å². The van der Waals surface area contributed by atoms with Gasteiger partial charge in [0.25, 0.3) is 0 Å². The Hall–Kier alpha value is -0.240. The average Bonchev–Trinajstić information content (AvgIpc) is 2.12. The van der Waals surface area contributed by atoms with Crippen LogP contribution < -0.4 is 0 Å². The van der Waals surface area contributed by atoms with Gasteiger partial charge in [-0.1, -0.05) is 27.7 Å². The zero-order valence-electron chi connectivity index (χ0n) is 8.55. The van der Waals surface area contributed by atoms with Crippen molar-refractivity contribution < 1.29 is 0 Å². The van der Waals surface area contributed by atoms with Crippen LogP contribution >= 0.6 is 12.6 Å². The lowest BCUT2D eigenvalue weighted by atomic mass is 10.6. The monoisotopic (exact) mass is 175 g/mol. The van der Waals surface area contributed by atoms with E-state index in [9.17, 15) is 0 Å². The molecule has 0 aliphatic carbocycles. The SMILES string of the molecule is CC.CC.CC=N/C(C)=C\S. The number of thiol groups is 1. The summed E-state index contributed by atoms with van der Waals surface area (Å²) in [5.41, 5.74) is 0.936. The van der Waals surface area contributed by atoms with Crippen LogP contribution in [0.2, 0.25) is 0 Å². The molecule has 0 saturated carbocycles. The van der Waals surface area contributed by atoms with Gasteiger partial charge >= 0.3 is 0 Å². The fourth-order valence-electron chi connectivity index (χ4n) is 0.237. The zero-order valence-corrected chi connectivity index (χ0v) is 9.44. The molecular formula is C9H21NS. The molecule has 0 aliphatic rings. The molecule has 11 heavy (non-hydrogen) atoms. The minimum Gasteiger partial charge on any atom is -0.266 e. The summed E-state index contributed by atoms with van der Waals surface area (Å²) in [7, 11) is 0. The average molecular weight is 175 g/mol. The van der Waals surface area contributed by atoms with Crippen LogP contribution in [0.1, 0.15) is 41.5 Å². The molecule has 0 atom stereocenters. The van der Waals surface area contributed by atoms with Crippen LogP contribution in [0.4, 0.5) is 0 Å². The van der Waals surface area contributed by atoms with Gasteiger partial charge in [0.2, 0.25) is 0 Å². The fourth-order valence-corrected chi connectivity index (χ4v) is 0.304. The van der Waals surface area contributed by atoms with Gasteiger partial charge in [0.05, 0.1) is 0 Å². The lowest BCUT2D eigenvalue weighted by molar-refractivity contribution is 1.33. The molecule has 2 heteroatoms. The fraction of sp³-hybridized carbons (Fsp3) is 0.667. The number of hydrogen-bond donors (Lipinski definition) is 1. The Balaban J connectivity index is -0.000000138. The Morgan fingerprint density at radius 3 is 1.64 bits per heavy atom. The second-order valence-electron chi connectivity index (χ2n) is 1.16. The van der Waals surface area contributed by atoms with E-state index < -0.39 is 0 Å². The Morgan fingerprint density at radius 1 is 1.18 bits per heavy atom. The molecule has 0 aromatic heterocycles. The first-order valence-electron chi connectivity index (χ1n) is 4.11. The highest BCUT2D eigenvalue weighted by atomic mass is 32.1. The van der Waals surface area contributed by atoms with Gasteiger partial charge in [0.1, 0.15) is 0 Å². The van der Waals surface area contributed by atoms with Gasteiger partial charge in [0, 0.05) is 11.9 Å². The summed E-state index contributed by atoms with van der Waals surface area (Å²) in [6.07, 6.45) is 1.74. The first-order chi connectivity index (χ1) is 5.31. The van der Waals surface area contributed by atoms with E-state index in [4.69, 9.17) is 0 Å². The lowest BCUT2D eigenvalue weighted by Crippen LogP contribution is -1.63. The molecule has 0 heterocycles. The number of nitrogens with zero attached hydrogens (tertiary/aromatic N) is 1. The third-order valence-electron chi connectivity index (χ3n) is 0.520. The maximum absolute atomic E-state index is 3.90. The number of rotatable bonds is 1. The molecule has 0 aliphatic heterocycles. The smallest absolute Gasteiger partial charge is 0.0428 e. The van der Waals surface area contributed by atoms with E-state index >= 15 is 0 Å². The summed E-state index contributed by atoms with van der Waals surface area (Å²) < 4.78 is 0. The first-order valence-corrected chi connectivity index (χ1v) is 4.62. The van der Waals surface area contributed by atoms with Crippen molar-refractivity contribution in [3.8, 4) is 0 Å². The summed E-state index contributed by atoms with van der Waals surface area (Å²) in [4.78, 5) is 3.90. The molecule has 0 rings (SSSR count). The Bertz CT molecular complexity index is 95.7. The topological polar surface area (TPSA) is 12.4 Å². The Kier molecular flexibility index (Phi) is 34.9. The molecule has 0 spiro atoms. The van der Waals surface area contributed by atoms with Crippen molar-refractivity contribution in [1.29, 1.82) is 0 Å². The van der Waals surface area contributed by atoms with Crippen molar-refractivity contribution >= 4 is 18.8 Å². The second-order valence-corrected chi connectivity index (χ2v) is 1.42. The van der Waals surface area contributed by atoms with Crippen molar-refractivity contribution in [2.24, 2.45) is 4.99 Å². The number of aliphatic imine (C=N–C) groups is 1. The molecule has 0 unspecified atom stereocenters. The highest BCUT2D eigenvalue weighted by Gasteiger charge is 1.71. The van der Waals surface area contributed by atoms with Crippen molar-refractivity contribution in [3.63, 3.8) is 0 Å². The molecule has 0 saturated heterocycles. The van der Waals surface area contributed by atoms with E-state index in [2.05, 4.69) is 17.6 Å². The zero-order chi connectivity index (χ0) is 9.70. The standard InChI is InChI=1S/C5H9NS.2C2H6/c1-3-6-5(2)4-7;2*1-2/h3-4,7H,1-2H3;2*1-2H3/b5-4-,6-3?;;. The van der Waals surface area contributed by atoms with Crippen LogP contribution in [0.3, 0.4) is 0 Å². The molecular weight excluding hydrogens is 154 g/mol. The normalized spacial score (nSPS) is 9.55. The molecule has 0 amide bonds. The maximum atomic E-state index is 3.90. The van der Waals surface area contributed by atoms with E-state index in [0.29, 0.717) is 0 Å². The quantitative estimate of drug-likeness (QED) is 0.458. The molecule has 0 fully saturated rings. The molecule has 0 aromatic rings. The highest BCUT2D eigenvalue weighted by molar-refractivity contribution is 7.83. The third-order valence-corrected chi connectivity index (χ3v) is 0.893. The molecule has 68 valence electrons. The Labute approximate surface area is 77.0 Å². The first kappa shape index (κ1) is 17.0. The van der Waals surface area contributed by atoms with Crippen LogP contribution in [0.5, 0.6) is 0 Å². The van der Waals surface area contributed by atoms with Gasteiger partial charge in [-0.2, -0.15) is 0 Å². The highest BCUT2D eigenvalue weighted by Crippen LogP contribution is 1.93. The van der Waals surface area contributed by atoms with E-state index in [1.807, 2.05) is 41.5 Å². The van der Waals surface area contributed by atoms with Crippen molar-refractivity contribution in [3.05, 3.63) is 11.1 Å². The second kappa shape index (κ2) is 22.6. The summed E-state index contributed by atoms with van der Waals surface area (Å²) in [6, 6.07) is 0. The minimum absolute atomic E-state index is 0.936. The van der Waals surface area contributed by atoms with Gasteiger partial charge in [-0.15, -0.1) is 12.6 Å². The molecule has 0 N–H and O–H groups in total. The van der Waals surface area contributed by atoms with E-state index in [0.717, 1.165) is 5.70 Å². The maximum Gasteiger partial charge on any atom is 0.0428 e. The summed E-state index contributed by atoms with van der Waals surface area (Å²) in [5.74, 6) is 0. The molecule has 1 nitrogen and oxygen atoms in total. The van der Waals surface area contributed by atoms with Gasteiger partial charge in [-0.05, 0) is 19.3 Å². The van der Waals surface area contributed by atoms with Crippen molar-refractivity contribution in [1.82, 2.24) is 0 Å². The number of allylic oxidation sites excluding steroid dienone is 1. The van der Waals surface area contributed by atoms with Gasteiger partial charge in [-0.25, -0.2) is 0 Å². The minimum atomic E-state index is 0.936. The third kappa shape index (κ3) is 25.9. The largest absolute Gasteiger partial charge is 0.266 e. The summed E-state index contributed by atoms with van der Waals surface area (Å²) in [6.45, 7) is 11.8. The van der Waals surface area contributed by atoms with Crippen molar-refractivity contribution in [2.75, 3.05) is 0 Å². The lowest BCUT2D eigenvalue weighted by Gasteiger charge is -1.81. The van der Waals surface area contributed by atoms with Crippen LogP contribution in [-0.2, 0) is 0 Å². The van der Waals surface area contributed by atoms with Crippen LogP contribution in [-0.4, -0.2) is 6.21 Å². The summed E-state index contributed by atoms with van der Waals surface area (Å²) in [5, 5.41) is 1.67. The molecule has 0 bridgehead atoms. The molecule has 0 radical (unpaired) electrons. The van der Waals surface area contributed by atoms with Crippen molar-refractivity contribution in [2.45, 2.75) is 41.5 Å². The van der Waals surface area contributed by atoms with Gasteiger partial charge < -0.3 is 0 Å². The Morgan fingerprint density at radius 2 is 1.55 bits per heavy atom. The number of hydrogen-bond acceptors (Lipinski definition) is 2. The predicted octanol–water partition coefficient (Wildman–Crippen LogP) is 3.92. The van der Waals surface area contributed by atoms with Crippen LogP contribution in [0, 0.1) is 0 Å². The van der Waals surface area contributed by atoms with Gasteiger partial charge in [-0.3, -0.25) is 4.99 Å². The van der Waals surface area contributed by atoms with E-state index in [1.54, 1.807) is 11.6 Å². The van der Waals surface area contributed by atoms with Crippen LogP contribution in [0.15, 0.2) is 16.1 Å².